The van der Waals surface area contributed by atoms with Gasteiger partial charge in [0, 0.05) is 7.11 Å². The summed E-state index contributed by atoms with van der Waals surface area (Å²) in [5.41, 5.74) is 7.59. The standard InChI is InChI=1S/C13H17FN2O2/c1-18-7-11(15)13(17)16-12-5-2-8-6-9(14)3-4-10(8)12/h3-4,6,11-12H,2,5,7,15H2,1H3,(H,16,17). The van der Waals surface area contributed by atoms with Gasteiger partial charge in [-0.1, -0.05) is 6.07 Å². The molecule has 5 heteroatoms. The summed E-state index contributed by atoms with van der Waals surface area (Å²) in [7, 11) is 1.50. The molecule has 2 unspecified atom stereocenters. The van der Waals surface area contributed by atoms with E-state index < -0.39 is 6.04 Å². The Kier molecular flexibility index (Phi) is 3.93. The van der Waals surface area contributed by atoms with Gasteiger partial charge in [0.25, 0.3) is 0 Å². The van der Waals surface area contributed by atoms with E-state index >= 15 is 0 Å². The molecular weight excluding hydrogens is 235 g/mol. The second kappa shape index (κ2) is 5.46. The van der Waals surface area contributed by atoms with Gasteiger partial charge in [0.15, 0.2) is 0 Å². The van der Waals surface area contributed by atoms with Crippen LogP contribution in [0.2, 0.25) is 0 Å². The van der Waals surface area contributed by atoms with E-state index in [1.165, 1.54) is 19.2 Å². The van der Waals surface area contributed by atoms with Crippen LogP contribution in [0, 0.1) is 5.82 Å². The zero-order valence-corrected chi connectivity index (χ0v) is 10.3. The minimum Gasteiger partial charge on any atom is -0.383 e. The first kappa shape index (κ1) is 13.0. The molecule has 0 saturated carbocycles. The first-order valence-electron chi connectivity index (χ1n) is 5.95. The van der Waals surface area contributed by atoms with Gasteiger partial charge in [0.2, 0.25) is 5.91 Å². The third kappa shape index (κ3) is 2.68. The van der Waals surface area contributed by atoms with E-state index in [1.54, 1.807) is 6.07 Å². The maximum Gasteiger partial charge on any atom is 0.239 e. The summed E-state index contributed by atoms with van der Waals surface area (Å²) in [6.07, 6.45) is 1.56. The number of nitrogens with two attached hydrogens (primary N) is 1. The molecule has 1 aromatic rings. The molecule has 2 atom stereocenters. The molecule has 4 nitrogen and oxygen atoms in total. The lowest BCUT2D eigenvalue weighted by Gasteiger charge is -2.17. The number of hydrogen-bond acceptors (Lipinski definition) is 3. The molecule has 1 aliphatic rings. The Balaban J connectivity index is 2.03. The van der Waals surface area contributed by atoms with Gasteiger partial charge >= 0.3 is 0 Å². The molecule has 0 bridgehead atoms. The summed E-state index contributed by atoms with van der Waals surface area (Å²) in [5.74, 6) is -0.476. The highest BCUT2D eigenvalue weighted by molar-refractivity contribution is 5.82. The minimum atomic E-state index is -0.667. The van der Waals surface area contributed by atoms with Crippen LogP contribution in [-0.2, 0) is 16.0 Å². The average Bonchev–Trinajstić information content (AvgIpc) is 2.72. The lowest BCUT2D eigenvalue weighted by molar-refractivity contribution is -0.124. The average molecular weight is 252 g/mol. The predicted octanol–water partition coefficient (Wildman–Crippen LogP) is 0.903. The molecule has 1 amide bonds. The van der Waals surface area contributed by atoms with Crippen molar-refractivity contribution in [2.24, 2.45) is 5.73 Å². The second-order valence-electron chi connectivity index (χ2n) is 4.50. The van der Waals surface area contributed by atoms with E-state index in [1.807, 2.05) is 0 Å². The number of halogens is 1. The number of ether oxygens (including phenoxy) is 1. The Morgan fingerprint density at radius 1 is 1.67 bits per heavy atom. The summed E-state index contributed by atoms with van der Waals surface area (Å²) in [6.45, 7) is 0.189. The molecule has 2 rings (SSSR count). The lowest BCUT2D eigenvalue weighted by Crippen LogP contribution is -2.44. The molecule has 0 radical (unpaired) electrons. The highest BCUT2D eigenvalue weighted by Gasteiger charge is 2.25. The van der Waals surface area contributed by atoms with E-state index in [0.717, 1.165) is 24.0 Å². The number of rotatable bonds is 4. The zero-order valence-electron chi connectivity index (χ0n) is 10.3. The molecule has 0 aromatic heterocycles. The SMILES string of the molecule is COCC(N)C(=O)NC1CCc2cc(F)ccc21. The number of carbonyl (C=O) groups is 1. The number of amides is 1. The quantitative estimate of drug-likeness (QED) is 0.837. The predicted molar refractivity (Wildman–Crippen MR) is 65.5 cm³/mol. The van der Waals surface area contributed by atoms with Crippen molar-refractivity contribution < 1.29 is 13.9 Å². The normalized spacial score (nSPS) is 19.4. The number of aryl methyl sites for hydroxylation is 1. The van der Waals surface area contributed by atoms with Crippen LogP contribution in [0.4, 0.5) is 4.39 Å². The van der Waals surface area contributed by atoms with Crippen molar-refractivity contribution in [3.8, 4) is 0 Å². The van der Waals surface area contributed by atoms with Crippen LogP contribution in [0.15, 0.2) is 18.2 Å². The highest BCUT2D eigenvalue weighted by Crippen LogP contribution is 2.31. The van der Waals surface area contributed by atoms with Crippen LogP contribution in [-0.4, -0.2) is 25.7 Å². The molecule has 18 heavy (non-hydrogen) atoms. The topological polar surface area (TPSA) is 64.3 Å². The van der Waals surface area contributed by atoms with Crippen molar-refractivity contribution in [1.82, 2.24) is 5.32 Å². The molecule has 1 aliphatic carbocycles. The fraction of sp³-hybridized carbons (Fsp3) is 0.462. The maximum absolute atomic E-state index is 13.1. The summed E-state index contributed by atoms with van der Waals surface area (Å²) in [5, 5.41) is 2.87. The van der Waals surface area contributed by atoms with Crippen LogP contribution < -0.4 is 11.1 Å². The molecule has 98 valence electrons. The van der Waals surface area contributed by atoms with Crippen LogP contribution >= 0.6 is 0 Å². The van der Waals surface area contributed by atoms with Gasteiger partial charge in [0.05, 0.1) is 12.6 Å². The van der Waals surface area contributed by atoms with Gasteiger partial charge in [-0.2, -0.15) is 0 Å². The van der Waals surface area contributed by atoms with Crippen LogP contribution in [0.5, 0.6) is 0 Å². The summed E-state index contributed by atoms with van der Waals surface area (Å²) >= 11 is 0. The van der Waals surface area contributed by atoms with E-state index in [2.05, 4.69) is 5.32 Å². The van der Waals surface area contributed by atoms with Crippen molar-refractivity contribution in [2.75, 3.05) is 13.7 Å². The zero-order chi connectivity index (χ0) is 13.1. The number of carbonyl (C=O) groups excluding carboxylic acids is 1. The Labute approximate surface area is 105 Å². The Bertz CT molecular complexity index is 451. The molecule has 0 heterocycles. The Morgan fingerprint density at radius 2 is 2.44 bits per heavy atom. The molecule has 3 N–H and O–H groups in total. The van der Waals surface area contributed by atoms with Crippen LogP contribution in [0.1, 0.15) is 23.6 Å². The summed E-state index contributed by atoms with van der Waals surface area (Å²) in [6, 6.07) is 3.93. The molecule has 0 saturated heterocycles. The van der Waals surface area contributed by atoms with Crippen LogP contribution in [0.25, 0.3) is 0 Å². The fourth-order valence-electron chi connectivity index (χ4n) is 2.27. The number of fused-ring (bicyclic) bond motifs is 1. The smallest absolute Gasteiger partial charge is 0.239 e. The summed E-state index contributed by atoms with van der Waals surface area (Å²) < 4.78 is 17.9. The van der Waals surface area contributed by atoms with Crippen molar-refractivity contribution in [3.05, 3.63) is 35.1 Å². The van der Waals surface area contributed by atoms with E-state index in [0.29, 0.717) is 0 Å². The molecule has 0 fully saturated rings. The van der Waals surface area contributed by atoms with Gasteiger partial charge in [-0.05, 0) is 36.1 Å². The first-order valence-corrected chi connectivity index (χ1v) is 5.95. The minimum absolute atomic E-state index is 0.0731. The molecule has 0 spiro atoms. The Hall–Kier alpha value is -1.46. The largest absolute Gasteiger partial charge is 0.383 e. The maximum atomic E-state index is 13.1. The van der Waals surface area contributed by atoms with Crippen molar-refractivity contribution in [3.63, 3.8) is 0 Å². The van der Waals surface area contributed by atoms with Gasteiger partial charge in [-0.25, -0.2) is 4.39 Å². The van der Waals surface area contributed by atoms with Gasteiger partial charge in [0.1, 0.15) is 11.9 Å². The molecule has 0 aliphatic heterocycles. The van der Waals surface area contributed by atoms with Gasteiger partial charge in [-0.15, -0.1) is 0 Å². The third-order valence-electron chi connectivity index (χ3n) is 3.18. The first-order chi connectivity index (χ1) is 8.61. The van der Waals surface area contributed by atoms with E-state index in [-0.39, 0.29) is 24.4 Å². The lowest BCUT2D eigenvalue weighted by atomic mass is 10.1. The third-order valence-corrected chi connectivity index (χ3v) is 3.18. The van der Waals surface area contributed by atoms with E-state index in [4.69, 9.17) is 10.5 Å². The molecular formula is C13H17FN2O2. The van der Waals surface area contributed by atoms with Gasteiger partial charge in [-0.3, -0.25) is 4.79 Å². The van der Waals surface area contributed by atoms with Crippen molar-refractivity contribution >= 4 is 5.91 Å². The number of hydrogen-bond donors (Lipinski definition) is 2. The number of methoxy groups -OCH3 is 1. The fourth-order valence-corrected chi connectivity index (χ4v) is 2.27. The van der Waals surface area contributed by atoms with Crippen molar-refractivity contribution in [2.45, 2.75) is 24.9 Å². The van der Waals surface area contributed by atoms with E-state index in [9.17, 15) is 9.18 Å². The van der Waals surface area contributed by atoms with Crippen LogP contribution in [0.3, 0.4) is 0 Å². The molecule has 1 aromatic carbocycles. The monoisotopic (exact) mass is 252 g/mol. The summed E-state index contributed by atoms with van der Waals surface area (Å²) in [4.78, 5) is 11.8. The second-order valence-corrected chi connectivity index (χ2v) is 4.50. The van der Waals surface area contributed by atoms with Gasteiger partial charge < -0.3 is 15.8 Å². The number of nitrogens with one attached hydrogen (secondary N) is 1. The number of benzene rings is 1. The van der Waals surface area contributed by atoms with Crippen molar-refractivity contribution in [1.29, 1.82) is 0 Å². The Morgan fingerprint density at radius 3 is 3.17 bits per heavy atom. The highest BCUT2D eigenvalue weighted by atomic mass is 19.1.